The van der Waals surface area contributed by atoms with Gasteiger partial charge in [0.2, 0.25) is 0 Å². The first-order valence-electron chi connectivity index (χ1n) is 8.33. The summed E-state index contributed by atoms with van der Waals surface area (Å²) < 4.78 is 10.6. The second-order valence-electron chi connectivity index (χ2n) is 6.60. The van der Waals surface area contributed by atoms with E-state index in [1.165, 1.54) is 0 Å². The van der Waals surface area contributed by atoms with Gasteiger partial charge in [0.25, 0.3) is 5.91 Å². The van der Waals surface area contributed by atoms with Gasteiger partial charge < -0.3 is 14.8 Å². The number of carbonyl (C=O) groups is 2. The van der Waals surface area contributed by atoms with Crippen LogP contribution in [0.4, 0.5) is 10.5 Å². The van der Waals surface area contributed by atoms with Crippen LogP contribution in [0.15, 0.2) is 54.6 Å². The molecule has 0 atom stereocenters. The lowest BCUT2D eigenvalue weighted by Crippen LogP contribution is -2.49. The third kappa shape index (κ3) is 6.84. The van der Waals surface area contributed by atoms with Crippen LogP contribution < -0.4 is 15.4 Å². The lowest BCUT2D eigenvalue weighted by Gasteiger charge is -2.25. The number of rotatable bonds is 7. The van der Waals surface area contributed by atoms with Gasteiger partial charge in [-0.05, 0) is 45.0 Å². The van der Waals surface area contributed by atoms with Crippen LogP contribution in [0.25, 0.3) is 0 Å². The van der Waals surface area contributed by atoms with E-state index in [9.17, 15) is 9.59 Å². The van der Waals surface area contributed by atoms with Crippen molar-refractivity contribution in [3.05, 3.63) is 60.2 Å². The summed E-state index contributed by atoms with van der Waals surface area (Å²) in [5, 5.41) is 5.43. The molecule has 2 rings (SSSR count). The lowest BCUT2D eigenvalue weighted by molar-refractivity contribution is -0.125. The molecule has 0 aromatic heterocycles. The molecule has 0 unspecified atom stereocenters. The topological polar surface area (TPSA) is 76.7 Å². The highest BCUT2D eigenvalue weighted by atomic mass is 16.5. The quantitative estimate of drug-likeness (QED) is 0.796. The Kier molecular flexibility index (Phi) is 6.60. The zero-order valence-electron chi connectivity index (χ0n) is 15.2. The fraction of sp³-hybridized carbons (Fsp3) is 0.300. The van der Waals surface area contributed by atoms with Crippen molar-refractivity contribution in [1.82, 2.24) is 5.32 Å². The number of ether oxygens (including phenoxy) is 2. The van der Waals surface area contributed by atoms with Gasteiger partial charge in [0, 0.05) is 5.69 Å². The summed E-state index contributed by atoms with van der Waals surface area (Å²) >= 11 is 0. The van der Waals surface area contributed by atoms with Gasteiger partial charge in [0.15, 0.2) is 6.61 Å². The van der Waals surface area contributed by atoms with E-state index in [0.717, 1.165) is 5.56 Å². The van der Waals surface area contributed by atoms with Gasteiger partial charge in [-0.2, -0.15) is 0 Å². The molecule has 2 amide bonds. The van der Waals surface area contributed by atoms with Crippen LogP contribution in [0.2, 0.25) is 0 Å². The molecule has 26 heavy (non-hydrogen) atoms. The zero-order chi connectivity index (χ0) is 19.0. The predicted molar refractivity (Wildman–Crippen MR) is 100 cm³/mol. The summed E-state index contributed by atoms with van der Waals surface area (Å²) in [4.78, 5) is 23.9. The van der Waals surface area contributed by atoms with E-state index in [1.807, 2.05) is 37.3 Å². The van der Waals surface area contributed by atoms with Crippen molar-refractivity contribution in [2.45, 2.75) is 26.3 Å². The summed E-state index contributed by atoms with van der Waals surface area (Å²) in [6.45, 7) is 5.43. The fourth-order valence-corrected chi connectivity index (χ4v) is 2.15. The number of aryl methyl sites for hydroxylation is 1. The average Bonchev–Trinajstić information content (AvgIpc) is 2.61. The van der Waals surface area contributed by atoms with E-state index in [2.05, 4.69) is 10.6 Å². The molecular weight excluding hydrogens is 332 g/mol. The number of amides is 2. The minimum atomic E-state index is -0.720. The van der Waals surface area contributed by atoms with Crippen molar-refractivity contribution in [2.24, 2.45) is 0 Å². The van der Waals surface area contributed by atoms with Crippen LogP contribution in [-0.2, 0) is 9.53 Å². The fourth-order valence-electron chi connectivity index (χ4n) is 2.15. The summed E-state index contributed by atoms with van der Waals surface area (Å²) in [5.74, 6) is 0.329. The predicted octanol–water partition coefficient (Wildman–Crippen LogP) is 3.52. The normalized spacial score (nSPS) is 10.7. The first kappa shape index (κ1) is 19.3. The zero-order valence-corrected chi connectivity index (χ0v) is 15.2. The molecule has 2 aromatic carbocycles. The molecule has 0 radical (unpaired) electrons. The molecule has 0 heterocycles. The van der Waals surface area contributed by atoms with Crippen molar-refractivity contribution in [3.63, 3.8) is 0 Å². The summed E-state index contributed by atoms with van der Waals surface area (Å²) in [5.41, 5.74) is 1.03. The number of hydrogen-bond donors (Lipinski definition) is 2. The van der Waals surface area contributed by atoms with Crippen molar-refractivity contribution in [2.75, 3.05) is 18.5 Å². The molecule has 6 nitrogen and oxygen atoms in total. The molecule has 0 saturated heterocycles. The summed E-state index contributed by atoms with van der Waals surface area (Å²) in [6.07, 6.45) is -0.572. The second kappa shape index (κ2) is 8.89. The minimum absolute atomic E-state index is 0.0295. The molecule has 2 aromatic rings. The Labute approximate surface area is 153 Å². The maximum absolute atomic E-state index is 12.0. The largest absolute Gasteiger partial charge is 0.484 e. The monoisotopic (exact) mass is 356 g/mol. The minimum Gasteiger partial charge on any atom is -0.484 e. The number of nitrogens with one attached hydrogen (secondary N) is 2. The molecule has 0 saturated carbocycles. The maximum Gasteiger partial charge on any atom is 0.411 e. The van der Waals surface area contributed by atoms with E-state index in [4.69, 9.17) is 9.47 Å². The molecule has 0 aliphatic heterocycles. The van der Waals surface area contributed by atoms with Crippen molar-refractivity contribution in [1.29, 1.82) is 0 Å². The molecule has 0 aliphatic rings. The van der Waals surface area contributed by atoms with Gasteiger partial charge in [0.05, 0.1) is 5.54 Å². The first-order valence-corrected chi connectivity index (χ1v) is 8.33. The van der Waals surface area contributed by atoms with Crippen LogP contribution in [-0.4, -0.2) is 30.8 Å². The molecule has 0 fully saturated rings. The van der Waals surface area contributed by atoms with E-state index < -0.39 is 11.6 Å². The molecule has 2 N–H and O–H groups in total. The van der Waals surface area contributed by atoms with Gasteiger partial charge in [-0.25, -0.2) is 4.79 Å². The molecule has 0 spiro atoms. The Balaban J connectivity index is 1.73. The van der Waals surface area contributed by atoms with Crippen LogP contribution in [0.1, 0.15) is 19.4 Å². The Morgan fingerprint density at radius 2 is 1.65 bits per heavy atom. The number of anilines is 1. The van der Waals surface area contributed by atoms with Crippen LogP contribution >= 0.6 is 0 Å². The SMILES string of the molecule is Cc1ccc(NC(=O)OCC(C)(C)NC(=O)COc2ccccc2)cc1. The number of carbonyl (C=O) groups excluding carboxylic acids is 2. The van der Waals surface area contributed by atoms with E-state index in [1.54, 1.807) is 38.1 Å². The highest BCUT2D eigenvalue weighted by Crippen LogP contribution is 2.11. The number of hydrogen-bond acceptors (Lipinski definition) is 4. The van der Waals surface area contributed by atoms with E-state index in [-0.39, 0.29) is 19.1 Å². The van der Waals surface area contributed by atoms with Crippen molar-refractivity contribution < 1.29 is 19.1 Å². The summed E-state index contributed by atoms with van der Waals surface area (Å²) in [7, 11) is 0. The van der Waals surface area contributed by atoms with Crippen LogP contribution in [0.3, 0.4) is 0 Å². The Morgan fingerprint density at radius 1 is 1.00 bits per heavy atom. The molecule has 138 valence electrons. The van der Waals surface area contributed by atoms with Gasteiger partial charge in [-0.15, -0.1) is 0 Å². The van der Waals surface area contributed by atoms with Gasteiger partial charge in [-0.3, -0.25) is 10.1 Å². The Morgan fingerprint density at radius 3 is 2.31 bits per heavy atom. The summed E-state index contributed by atoms with van der Waals surface area (Å²) in [6, 6.07) is 16.5. The van der Waals surface area contributed by atoms with Crippen molar-refractivity contribution in [3.8, 4) is 5.75 Å². The third-order valence-corrected chi connectivity index (χ3v) is 3.45. The number of benzene rings is 2. The maximum atomic E-state index is 12.0. The van der Waals surface area contributed by atoms with Gasteiger partial charge >= 0.3 is 6.09 Å². The Bertz CT molecular complexity index is 727. The van der Waals surface area contributed by atoms with Crippen molar-refractivity contribution >= 4 is 17.7 Å². The molecule has 0 bridgehead atoms. The molecular formula is C20H24N2O4. The van der Waals surface area contributed by atoms with E-state index >= 15 is 0 Å². The average molecular weight is 356 g/mol. The van der Waals surface area contributed by atoms with Gasteiger partial charge in [0.1, 0.15) is 12.4 Å². The Hall–Kier alpha value is -3.02. The van der Waals surface area contributed by atoms with E-state index in [0.29, 0.717) is 11.4 Å². The standard InChI is InChI=1S/C20H24N2O4/c1-15-9-11-16(12-10-15)21-19(24)26-14-20(2,3)22-18(23)13-25-17-7-5-4-6-8-17/h4-12H,13-14H2,1-3H3,(H,21,24)(H,22,23). The van der Waals surface area contributed by atoms with Crippen LogP contribution in [0, 0.1) is 6.92 Å². The smallest absolute Gasteiger partial charge is 0.411 e. The lowest BCUT2D eigenvalue weighted by atomic mass is 10.1. The second-order valence-corrected chi connectivity index (χ2v) is 6.60. The molecule has 0 aliphatic carbocycles. The third-order valence-electron chi connectivity index (χ3n) is 3.45. The number of para-hydroxylation sites is 1. The van der Waals surface area contributed by atoms with Gasteiger partial charge in [-0.1, -0.05) is 35.9 Å². The highest BCUT2D eigenvalue weighted by Gasteiger charge is 2.23. The van der Waals surface area contributed by atoms with Crippen LogP contribution in [0.5, 0.6) is 5.75 Å². The highest BCUT2D eigenvalue weighted by molar-refractivity contribution is 5.84. The molecule has 6 heteroatoms. The first-order chi connectivity index (χ1) is 12.3.